The average molecular weight is 168 g/mol. The average Bonchev–Trinajstić information content (AvgIpc) is 1.94. The monoisotopic (exact) mass is 168 g/mol. The highest BCUT2D eigenvalue weighted by atomic mass is 16.6. The number of rotatable bonds is 2. The maximum Gasteiger partial charge on any atom is 0.194 e. The van der Waals surface area contributed by atoms with E-state index in [1.165, 1.54) is 6.92 Å². The van der Waals surface area contributed by atoms with Crippen LogP contribution in [0.2, 0.25) is 0 Å². The van der Waals surface area contributed by atoms with Crippen molar-refractivity contribution in [3.8, 4) is 5.75 Å². The Morgan fingerprint density at radius 3 is 2.58 bits per heavy atom. The van der Waals surface area contributed by atoms with Gasteiger partial charge in [-0.3, -0.25) is 0 Å². The largest absolute Gasteiger partial charge is 0.463 e. The Balaban J connectivity index is 2.86. The lowest BCUT2D eigenvalue weighted by Crippen LogP contribution is -2.10. The van der Waals surface area contributed by atoms with E-state index in [2.05, 4.69) is 0 Å². The zero-order valence-corrected chi connectivity index (χ0v) is 6.82. The summed E-state index contributed by atoms with van der Waals surface area (Å²) in [4.78, 5) is 0. The molecule has 0 fully saturated rings. The second kappa shape index (κ2) is 3.32. The fraction of sp³-hybridized carbons (Fsp3) is 0.250. The van der Waals surface area contributed by atoms with Crippen LogP contribution in [-0.4, -0.2) is 11.4 Å². The van der Waals surface area contributed by atoms with Crippen molar-refractivity contribution in [2.45, 2.75) is 13.2 Å². The summed E-state index contributed by atoms with van der Waals surface area (Å²) in [5, 5.41) is 8.89. The van der Waals surface area contributed by atoms with E-state index in [0.29, 0.717) is 17.1 Å². The van der Waals surface area contributed by atoms with Crippen molar-refractivity contribution in [3.63, 3.8) is 0 Å². The molecule has 0 heterocycles. The van der Waals surface area contributed by atoms with Gasteiger partial charge in [-0.2, -0.15) is 0 Å². The van der Waals surface area contributed by atoms with Crippen LogP contribution in [0.1, 0.15) is 6.92 Å². The van der Waals surface area contributed by atoms with Gasteiger partial charge in [-0.05, 0) is 25.1 Å². The zero-order valence-electron chi connectivity index (χ0n) is 6.82. The molecule has 0 bridgehead atoms. The van der Waals surface area contributed by atoms with Crippen LogP contribution in [0.5, 0.6) is 5.75 Å². The molecule has 66 valence electrons. The van der Waals surface area contributed by atoms with Gasteiger partial charge in [0.25, 0.3) is 0 Å². The van der Waals surface area contributed by atoms with Crippen molar-refractivity contribution >= 4 is 11.4 Å². The number of anilines is 2. The van der Waals surface area contributed by atoms with E-state index in [-0.39, 0.29) is 0 Å². The van der Waals surface area contributed by atoms with Crippen molar-refractivity contribution in [1.82, 2.24) is 0 Å². The smallest absolute Gasteiger partial charge is 0.194 e. The van der Waals surface area contributed by atoms with Gasteiger partial charge < -0.3 is 21.3 Å². The van der Waals surface area contributed by atoms with Crippen LogP contribution in [0, 0.1) is 0 Å². The minimum absolute atomic E-state index is 0.427. The van der Waals surface area contributed by atoms with Crippen LogP contribution in [-0.2, 0) is 0 Å². The van der Waals surface area contributed by atoms with Crippen molar-refractivity contribution in [3.05, 3.63) is 18.2 Å². The van der Waals surface area contributed by atoms with E-state index >= 15 is 0 Å². The van der Waals surface area contributed by atoms with Gasteiger partial charge in [0.15, 0.2) is 6.29 Å². The molecule has 0 aliphatic heterocycles. The number of nitrogen functional groups attached to an aromatic ring is 2. The van der Waals surface area contributed by atoms with Crippen LogP contribution in [0.4, 0.5) is 11.4 Å². The van der Waals surface area contributed by atoms with Gasteiger partial charge >= 0.3 is 0 Å². The van der Waals surface area contributed by atoms with Gasteiger partial charge in [-0.1, -0.05) is 0 Å². The highest BCUT2D eigenvalue weighted by Gasteiger charge is 2.02. The molecule has 0 unspecified atom stereocenters. The van der Waals surface area contributed by atoms with Crippen LogP contribution < -0.4 is 16.2 Å². The number of aliphatic hydroxyl groups excluding tert-OH is 1. The number of hydrogen-bond donors (Lipinski definition) is 3. The lowest BCUT2D eigenvalue weighted by molar-refractivity contribution is 0.000283. The number of hydrogen-bond acceptors (Lipinski definition) is 4. The topological polar surface area (TPSA) is 81.5 Å². The van der Waals surface area contributed by atoms with Gasteiger partial charge in [0.05, 0.1) is 5.69 Å². The highest BCUT2D eigenvalue weighted by Crippen LogP contribution is 2.23. The number of ether oxygens (including phenoxy) is 1. The summed E-state index contributed by atoms with van der Waals surface area (Å²) in [6.07, 6.45) is -0.865. The Hall–Kier alpha value is -1.42. The molecule has 0 saturated heterocycles. The first kappa shape index (κ1) is 8.67. The first-order valence-corrected chi connectivity index (χ1v) is 3.59. The SMILES string of the molecule is C[C@@H](O)Oc1ccc(N)cc1N. The third kappa shape index (κ3) is 2.03. The van der Waals surface area contributed by atoms with Crippen LogP contribution in [0.3, 0.4) is 0 Å². The minimum Gasteiger partial charge on any atom is -0.463 e. The third-order valence-electron chi connectivity index (χ3n) is 1.33. The maximum absolute atomic E-state index is 8.89. The Kier molecular flexibility index (Phi) is 2.40. The molecule has 0 aliphatic carbocycles. The summed E-state index contributed by atoms with van der Waals surface area (Å²) in [7, 11) is 0. The predicted molar refractivity (Wildman–Crippen MR) is 47.6 cm³/mol. The quantitative estimate of drug-likeness (QED) is 0.445. The molecule has 1 aromatic rings. The lowest BCUT2D eigenvalue weighted by atomic mass is 10.2. The number of aliphatic hydroxyl groups is 1. The highest BCUT2D eigenvalue weighted by molar-refractivity contribution is 5.60. The normalized spacial score (nSPS) is 12.5. The molecule has 1 rings (SSSR count). The summed E-state index contributed by atoms with van der Waals surface area (Å²) in [6, 6.07) is 4.86. The minimum atomic E-state index is -0.865. The molecule has 0 amide bonds. The van der Waals surface area contributed by atoms with E-state index in [0.717, 1.165) is 0 Å². The second-order valence-electron chi connectivity index (χ2n) is 2.51. The molecular formula is C8H12N2O2. The van der Waals surface area contributed by atoms with E-state index in [4.69, 9.17) is 21.3 Å². The van der Waals surface area contributed by atoms with Gasteiger partial charge in [0, 0.05) is 5.69 Å². The van der Waals surface area contributed by atoms with Crippen LogP contribution in [0.25, 0.3) is 0 Å². The van der Waals surface area contributed by atoms with Gasteiger partial charge in [0.2, 0.25) is 0 Å². The molecule has 0 aromatic heterocycles. The standard InChI is InChI=1S/C8H12N2O2/c1-5(11)12-8-3-2-6(9)4-7(8)10/h2-5,11H,9-10H2,1H3/t5-/m0/s1. The fourth-order valence-corrected chi connectivity index (χ4v) is 0.858. The molecule has 4 nitrogen and oxygen atoms in total. The summed E-state index contributed by atoms with van der Waals surface area (Å²) < 4.78 is 4.97. The van der Waals surface area contributed by atoms with Crippen LogP contribution in [0.15, 0.2) is 18.2 Å². The van der Waals surface area contributed by atoms with Gasteiger partial charge in [-0.15, -0.1) is 0 Å². The van der Waals surface area contributed by atoms with Crippen molar-refractivity contribution in [2.75, 3.05) is 11.5 Å². The first-order valence-electron chi connectivity index (χ1n) is 3.59. The summed E-state index contributed by atoms with van der Waals surface area (Å²) in [6.45, 7) is 1.51. The zero-order chi connectivity index (χ0) is 9.14. The fourth-order valence-electron chi connectivity index (χ4n) is 0.858. The molecular weight excluding hydrogens is 156 g/mol. The van der Waals surface area contributed by atoms with E-state index in [1.54, 1.807) is 18.2 Å². The molecule has 0 radical (unpaired) electrons. The van der Waals surface area contributed by atoms with Crippen molar-refractivity contribution in [2.24, 2.45) is 0 Å². The maximum atomic E-state index is 8.89. The molecule has 1 aromatic carbocycles. The summed E-state index contributed by atoms with van der Waals surface area (Å²) in [5.41, 5.74) is 12.0. The lowest BCUT2D eigenvalue weighted by Gasteiger charge is -2.10. The van der Waals surface area contributed by atoms with E-state index < -0.39 is 6.29 Å². The van der Waals surface area contributed by atoms with Crippen LogP contribution >= 0.6 is 0 Å². The molecule has 12 heavy (non-hydrogen) atoms. The Labute approximate surface area is 70.7 Å². The molecule has 5 N–H and O–H groups in total. The summed E-state index contributed by atoms with van der Waals surface area (Å²) >= 11 is 0. The Morgan fingerprint density at radius 2 is 2.08 bits per heavy atom. The first-order chi connectivity index (χ1) is 5.59. The molecule has 4 heteroatoms. The van der Waals surface area contributed by atoms with E-state index in [1.807, 2.05) is 0 Å². The molecule has 1 atom stereocenters. The number of benzene rings is 1. The summed E-state index contributed by atoms with van der Waals surface area (Å²) in [5.74, 6) is 0.444. The van der Waals surface area contributed by atoms with Crippen molar-refractivity contribution in [1.29, 1.82) is 0 Å². The molecule has 0 aliphatic rings. The second-order valence-corrected chi connectivity index (χ2v) is 2.51. The van der Waals surface area contributed by atoms with E-state index in [9.17, 15) is 0 Å². The van der Waals surface area contributed by atoms with Gasteiger partial charge in [-0.25, -0.2) is 0 Å². The Morgan fingerprint density at radius 1 is 1.42 bits per heavy atom. The number of nitrogens with two attached hydrogens (primary N) is 2. The molecule has 0 spiro atoms. The van der Waals surface area contributed by atoms with Crippen molar-refractivity contribution < 1.29 is 9.84 Å². The van der Waals surface area contributed by atoms with Gasteiger partial charge in [0.1, 0.15) is 5.75 Å². The third-order valence-corrected chi connectivity index (χ3v) is 1.33. The Bertz CT molecular complexity index is 274. The molecule has 0 saturated carbocycles. The predicted octanol–water partition coefficient (Wildman–Crippen LogP) is 0.568.